The van der Waals surface area contributed by atoms with Crippen molar-refractivity contribution in [3.8, 4) is 0 Å². The highest BCUT2D eigenvalue weighted by atomic mass is 16.5. The molecule has 0 aliphatic carbocycles. The summed E-state index contributed by atoms with van der Waals surface area (Å²) in [6.45, 7) is 6.32. The molecule has 6 nitrogen and oxygen atoms in total. The molecule has 6 heteroatoms. The molecular formula is C16H25N3O3. The molecule has 0 unspecified atom stereocenters. The molecule has 0 aromatic heterocycles. The third-order valence-electron chi connectivity index (χ3n) is 3.01. The number of ether oxygens (including phenoxy) is 1. The average molecular weight is 307 g/mol. The fourth-order valence-corrected chi connectivity index (χ4v) is 1.66. The lowest BCUT2D eigenvalue weighted by atomic mass is 10.1. The van der Waals surface area contributed by atoms with Crippen LogP contribution in [0.4, 0.5) is 5.69 Å². The second-order valence-corrected chi connectivity index (χ2v) is 5.22. The van der Waals surface area contributed by atoms with Crippen LogP contribution in [-0.4, -0.2) is 45.2 Å². The molecule has 0 saturated heterocycles. The topological polar surface area (TPSA) is 79.5 Å². The van der Waals surface area contributed by atoms with Crippen molar-refractivity contribution in [2.45, 2.75) is 13.8 Å². The summed E-state index contributed by atoms with van der Waals surface area (Å²) in [6.07, 6.45) is 0. The molecule has 0 aliphatic heterocycles. The van der Waals surface area contributed by atoms with Crippen LogP contribution >= 0.6 is 0 Å². The van der Waals surface area contributed by atoms with Crippen molar-refractivity contribution in [1.82, 2.24) is 10.6 Å². The van der Waals surface area contributed by atoms with Crippen LogP contribution in [0.1, 0.15) is 24.2 Å². The van der Waals surface area contributed by atoms with Gasteiger partial charge in [0.15, 0.2) is 0 Å². The molecule has 0 aliphatic rings. The Kier molecular flexibility index (Phi) is 8.17. The lowest BCUT2D eigenvalue weighted by molar-refractivity contribution is -0.118. The molecule has 0 saturated carbocycles. The van der Waals surface area contributed by atoms with Gasteiger partial charge < -0.3 is 20.7 Å². The van der Waals surface area contributed by atoms with E-state index >= 15 is 0 Å². The van der Waals surface area contributed by atoms with Gasteiger partial charge in [-0.25, -0.2) is 0 Å². The van der Waals surface area contributed by atoms with Crippen LogP contribution < -0.4 is 16.0 Å². The Labute approximate surface area is 131 Å². The molecule has 1 aromatic carbocycles. The lowest BCUT2D eigenvalue weighted by Crippen LogP contribution is -2.33. The Hall–Kier alpha value is -1.92. The lowest BCUT2D eigenvalue weighted by Gasteiger charge is -2.09. The number of hydrogen-bond donors (Lipinski definition) is 3. The third-order valence-corrected chi connectivity index (χ3v) is 3.01. The Balaban J connectivity index is 2.36. The minimum absolute atomic E-state index is 0.0423. The number of hydrogen-bond acceptors (Lipinski definition) is 4. The zero-order valence-electron chi connectivity index (χ0n) is 13.4. The number of rotatable bonds is 9. The first kappa shape index (κ1) is 18.1. The summed E-state index contributed by atoms with van der Waals surface area (Å²) in [5, 5.41) is 8.76. The molecular weight excluding hydrogens is 282 g/mol. The Morgan fingerprint density at radius 1 is 1.09 bits per heavy atom. The maximum atomic E-state index is 11.9. The molecule has 0 spiro atoms. The molecule has 0 heterocycles. The monoisotopic (exact) mass is 307 g/mol. The number of nitrogens with one attached hydrogen (secondary N) is 3. The zero-order valence-corrected chi connectivity index (χ0v) is 13.4. The molecule has 0 radical (unpaired) electrons. The highest BCUT2D eigenvalue weighted by Crippen LogP contribution is 2.10. The van der Waals surface area contributed by atoms with Crippen molar-refractivity contribution in [2.24, 2.45) is 5.92 Å². The fourth-order valence-electron chi connectivity index (χ4n) is 1.66. The van der Waals surface area contributed by atoms with Gasteiger partial charge >= 0.3 is 0 Å². The van der Waals surface area contributed by atoms with E-state index in [-0.39, 0.29) is 17.7 Å². The number of benzene rings is 1. The van der Waals surface area contributed by atoms with Crippen molar-refractivity contribution in [3.63, 3.8) is 0 Å². The number of amides is 2. The van der Waals surface area contributed by atoms with Crippen LogP contribution in [0.2, 0.25) is 0 Å². The Bertz CT molecular complexity index is 472. The van der Waals surface area contributed by atoms with Gasteiger partial charge in [-0.05, 0) is 24.3 Å². The second-order valence-electron chi connectivity index (χ2n) is 5.22. The Morgan fingerprint density at radius 3 is 2.36 bits per heavy atom. The number of anilines is 1. The minimum Gasteiger partial charge on any atom is -0.383 e. The van der Waals surface area contributed by atoms with Crippen molar-refractivity contribution in [1.29, 1.82) is 0 Å². The van der Waals surface area contributed by atoms with E-state index in [1.165, 1.54) is 0 Å². The van der Waals surface area contributed by atoms with Gasteiger partial charge in [-0.3, -0.25) is 9.59 Å². The van der Waals surface area contributed by atoms with E-state index in [2.05, 4.69) is 16.0 Å². The predicted octanol–water partition coefficient (Wildman–Crippen LogP) is 1.25. The van der Waals surface area contributed by atoms with Crippen LogP contribution in [0.25, 0.3) is 0 Å². The Morgan fingerprint density at radius 2 is 1.77 bits per heavy atom. The molecule has 2 amide bonds. The normalized spacial score (nSPS) is 10.5. The van der Waals surface area contributed by atoms with Crippen molar-refractivity contribution in [2.75, 3.05) is 38.7 Å². The smallest absolute Gasteiger partial charge is 0.251 e. The van der Waals surface area contributed by atoms with Crippen molar-refractivity contribution in [3.05, 3.63) is 29.8 Å². The van der Waals surface area contributed by atoms with E-state index in [9.17, 15) is 9.59 Å². The van der Waals surface area contributed by atoms with Gasteiger partial charge in [0.1, 0.15) is 0 Å². The van der Waals surface area contributed by atoms with Crippen LogP contribution in [0.3, 0.4) is 0 Å². The summed E-state index contributed by atoms with van der Waals surface area (Å²) in [5.74, 6) is -0.247. The van der Waals surface area contributed by atoms with Gasteiger partial charge in [0.25, 0.3) is 5.91 Å². The highest BCUT2D eigenvalue weighted by Gasteiger charge is 2.08. The molecule has 3 N–H and O–H groups in total. The quantitative estimate of drug-likeness (QED) is 0.600. The summed E-state index contributed by atoms with van der Waals surface area (Å²) in [5.41, 5.74) is 1.26. The van der Waals surface area contributed by atoms with Crippen LogP contribution in [0.15, 0.2) is 24.3 Å². The molecule has 122 valence electrons. The van der Waals surface area contributed by atoms with Crippen LogP contribution in [0, 0.1) is 5.92 Å². The summed E-state index contributed by atoms with van der Waals surface area (Å²) in [4.78, 5) is 23.5. The summed E-state index contributed by atoms with van der Waals surface area (Å²) >= 11 is 0. The maximum absolute atomic E-state index is 11.9. The van der Waals surface area contributed by atoms with Gasteiger partial charge in [-0.1, -0.05) is 13.8 Å². The second kappa shape index (κ2) is 9.92. The van der Waals surface area contributed by atoms with Gasteiger partial charge in [-0.15, -0.1) is 0 Å². The van der Waals surface area contributed by atoms with Gasteiger partial charge in [0, 0.05) is 43.9 Å². The van der Waals surface area contributed by atoms with E-state index in [4.69, 9.17) is 4.74 Å². The predicted molar refractivity (Wildman–Crippen MR) is 87.0 cm³/mol. The zero-order chi connectivity index (χ0) is 16.4. The van der Waals surface area contributed by atoms with E-state index in [0.29, 0.717) is 30.9 Å². The first-order chi connectivity index (χ1) is 10.5. The maximum Gasteiger partial charge on any atom is 0.251 e. The van der Waals surface area contributed by atoms with Crippen molar-refractivity contribution < 1.29 is 14.3 Å². The summed E-state index contributed by atoms with van der Waals surface area (Å²) < 4.78 is 4.91. The number of carbonyl (C=O) groups excluding carboxylic acids is 2. The molecule has 1 rings (SSSR count). The van der Waals surface area contributed by atoms with Crippen molar-refractivity contribution >= 4 is 17.5 Å². The van der Waals surface area contributed by atoms with Gasteiger partial charge in [0.2, 0.25) is 5.91 Å². The first-order valence-corrected chi connectivity index (χ1v) is 7.43. The number of carbonyl (C=O) groups is 2. The number of methoxy groups -OCH3 is 1. The standard InChI is InChI=1S/C16H25N3O3/c1-12(2)15(20)19-14-6-4-13(5-7-14)16(21)18-9-8-17-10-11-22-3/h4-7,12,17H,8-11H2,1-3H3,(H,18,21)(H,19,20). The van der Waals surface area contributed by atoms with E-state index in [1.54, 1.807) is 31.4 Å². The summed E-state index contributed by atoms with van der Waals surface area (Å²) in [7, 11) is 1.65. The largest absolute Gasteiger partial charge is 0.383 e. The van der Waals surface area contributed by atoms with E-state index < -0.39 is 0 Å². The minimum atomic E-state index is -0.129. The van der Waals surface area contributed by atoms with Crippen LogP contribution in [0.5, 0.6) is 0 Å². The van der Waals surface area contributed by atoms with Crippen LogP contribution in [-0.2, 0) is 9.53 Å². The summed E-state index contributed by atoms with van der Waals surface area (Å²) in [6, 6.07) is 6.85. The van der Waals surface area contributed by atoms with E-state index in [1.807, 2.05) is 13.8 Å². The molecule has 0 atom stereocenters. The average Bonchev–Trinajstić information content (AvgIpc) is 2.51. The fraction of sp³-hybridized carbons (Fsp3) is 0.500. The molecule has 1 aromatic rings. The third kappa shape index (κ3) is 6.69. The first-order valence-electron chi connectivity index (χ1n) is 7.43. The molecule has 0 bridgehead atoms. The SMILES string of the molecule is COCCNCCNC(=O)c1ccc(NC(=O)C(C)C)cc1. The molecule has 0 fully saturated rings. The molecule has 22 heavy (non-hydrogen) atoms. The highest BCUT2D eigenvalue weighted by molar-refractivity contribution is 5.96. The van der Waals surface area contributed by atoms with Gasteiger partial charge in [-0.2, -0.15) is 0 Å². The van der Waals surface area contributed by atoms with E-state index in [0.717, 1.165) is 6.54 Å². The van der Waals surface area contributed by atoms with Gasteiger partial charge in [0.05, 0.1) is 6.61 Å².